The molecule has 1 amide bonds. The molecule has 0 aromatic carbocycles. The molecule has 0 spiro atoms. The average molecular weight is 192 g/mol. The Balaban J connectivity index is 2.70. The normalized spacial score (nSPS) is 13.8. The highest BCUT2D eigenvalue weighted by Crippen LogP contribution is 2.18. The first-order chi connectivity index (χ1) is 5.59. The topological polar surface area (TPSA) is 42.0 Å². The fourth-order valence-corrected chi connectivity index (χ4v) is 1.41. The number of carbonyl (C=O) groups is 1. The van der Waals surface area contributed by atoms with Crippen LogP contribution in [0.5, 0.6) is 0 Å². The molecule has 0 bridgehead atoms. The van der Waals surface area contributed by atoms with Gasteiger partial charge in [-0.3, -0.25) is 4.79 Å². The van der Waals surface area contributed by atoms with E-state index >= 15 is 0 Å². The van der Waals surface area contributed by atoms with Gasteiger partial charge < -0.3 is 5.32 Å². The molecule has 1 aromatic heterocycles. The van der Waals surface area contributed by atoms with E-state index in [1.165, 1.54) is 24.5 Å². The summed E-state index contributed by atoms with van der Waals surface area (Å²) >= 11 is 6.68. The van der Waals surface area contributed by atoms with Gasteiger partial charge in [0.05, 0.1) is 5.86 Å². The number of anilines is 1. The molecular formula is C6H7ClN2OS. The molecule has 0 saturated carbocycles. The maximum absolute atomic E-state index is 10.6. The van der Waals surface area contributed by atoms with Crippen molar-refractivity contribution in [1.82, 2.24) is 4.98 Å². The first kappa shape index (κ1) is 7.06. The Kier molecular flexibility index (Phi) is 2.37. The Bertz CT molecular complexity index is 289. The average Bonchev–Trinajstić information content (AvgIpc) is 2.34. The fourth-order valence-electron chi connectivity index (χ4n) is 0.545. The van der Waals surface area contributed by atoms with E-state index in [4.69, 9.17) is 13.0 Å². The Morgan fingerprint density at radius 3 is 3.27 bits per heavy atom. The number of halogens is 1. The lowest BCUT2D eigenvalue weighted by molar-refractivity contribution is -0.114. The van der Waals surface area contributed by atoms with Crippen molar-refractivity contribution in [2.45, 2.75) is 12.8 Å². The monoisotopic (exact) mass is 191 g/mol. The van der Waals surface area contributed by atoms with Crippen LogP contribution in [-0.4, -0.2) is 10.9 Å². The van der Waals surface area contributed by atoms with Crippen molar-refractivity contribution in [3.05, 3.63) is 11.1 Å². The van der Waals surface area contributed by atoms with Crippen LogP contribution in [0.25, 0.3) is 0 Å². The summed E-state index contributed by atoms with van der Waals surface area (Å²) in [6.45, 7) is 1.40. The van der Waals surface area contributed by atoms with Crippen LogP contribution in [0.3, 0.4) is 0 Å². The van der Waals surface area contributed by atoms with Crippen LogP contribution in [0.2, 0.25) is 0 Å². The zero-order valence-electron chi connectivity index (χ0n) is 6.80. The molecule has 1 heterocycles. The summed E-state index contributed by atoms with van der Waals surface area (Å²) in [5.41, 5.74) is 0. The van der Waals surface area contributed by atoms with Gasteiger partial charge in [-0.25, -0.2) is 4.98 Å². The van der Waals surface area contributed by atoms with Crippen molar-refractivity contribution in [1.29, 1.82) is 0 Å². The van der Waals surface area contributed by atoms with Crippen molar-refractivity contribution in [2.24, 2.45) is 0 Å². The molecule has 0 fully saturated rings. The number of thiazole rings is 1. The van der Waals surface area contributed by atoms with Gasteiger partial charge in [0.2, 0.25) is 5.91 Å². The molecule has 11 heavy (non-hydrogen) atoms. The number of rotatable bonds is 2. The predicted molar refractivity (Wildman–Crippen MR) is 46.0 cm³/mol. The molecule has 60 valence electrons. The minimum atomic E-state index is -0.801. The van der Waals surface area contributed by atoms with Gasteiger partial charge in [0.15, 0.2) is 5.13 Å². The highest BCUT2D eigenvalue weighted by molar-refractivity contribution is 7.15. The molecule has 0 aliphatic rings. The third-order valence-electron chi connectivity index (χ3n) is 0.914. The number of nitrogens with one attached hydrogen (secondary N) is 1. The van der Waals surface area contributed by atoms with E-state index in [0.717, 1.165) is 0 Å². The Labute approximate surface area is 74.8 Å². The lowest BCUT2D eigenvalue weighted by Crippen LogP contribution is -2.04. The van der Waals surface area contributed by atoms with Crippen LogP contribution >= 0.6 is 22.9 Å². The molecule has 1 atom stereocenters. The zero-order valence-corrected chi connectivity index (χ0v) is 7.37. The molecule has 0 radical (unpaired) electrons. The summed E-state index contributed by atoms with van der Waals surface area (Å²) < 4.78 is 7.14. The van der Waals surface area contributed by atoms with Gasteiger partial charge >= 0.3 is 0 Å². The van der Waals surface area contributed by atoms with Gasteiger partial charge in [-0.2, -0.15) is 0 Å². The Morgan fingerprint density at radius 2 is 2.82 bits per heavy atom. The summed E-state index contributed by atoms with van der Waals surface area (Å²) in [6.07, 6.45) is 1.49. The lowest BCUT2D eigenvalue weighted by atomic mass is 10.6. The van der Waals surface area contributed by atoms with E-state index < -0.39 is 5.86 Å². The van der Waals surface area contributed by atoms with Crippen LogP contribution in [0, 0.1) is 0 Å². The number of hydrogen-bond donors (Lipinski definition) is 1. The SMILES string of the molecule is [2H]C(Cl)c1cnc(NC(C)=O)s1. The minimum absolute atomic E-state index is 0.174. The number of amides is 1. The number of carbonyl (C=O) groups excluding carboxylic acids is 1. The molecule has 1 unspecified atom stereocenters. The van der Waals surface area contributed by atoms with Crippen molar-refractivity contribution in [3.63, 3.8) is 0 Å². The van der Waals surface area contributed by atoms with E-state index in [0.29, 0.717) is 10.0 Å². The van der Waals surface area contributed by atoms with Crippen molar-refractivity contribution < 1.29 is 6.17 Å². The molecule has 0 aliphatic heterocycles. The third kappa shape index (κ3) is 2.48. The van der Waals surface area contributed by atoms with Gasteiger partial charge in [0.25, 0.3) is 0 Å². The van der Waals surface area contributed by atoms with Crippen molar-refractivity contribution in [2.75, 3.05) is 5.32 Å². The first-order valence-electron chi connectivity index (χ1n) is 3.47. The fraction of sp³-hybridized carbons (Fsp3) is 0.333. The van der Waals surface area contributed by atoms with E-state index in [-0.39, 0.29) is 5.91 Å². The van der Waals surface area contributed by atoms with Crippen LogP contribution < -0.4 is 5.32 Å². The second-order valence-electron chi connectivity index (χ2n) is 1.86. The Morgan fingerprint density at radius 1 is 2.09 bits per heavy atom. The predicted octanol–water partition coefficient (Wildman–Crippen LogP) is 1.84. The molecule has 0 saturated heterocycles. The van der Waals surface area contributed by atoms with Crippen LogP contribution in [0.15, 0.2) is 6.20 Å². The highest BCUT2D eigenvalue weighted by atomic mass is 35.5. The summed E-state index contributed by atoms with van der Waals surface area (Å²) in [5.74, 6) is -0.975. The molecule has 1 aromatic rings. The number of alkyl halides is 1. The quantitative estimate of drug-likeness (QED) is 0.725. The summed E-state index contributed by atoms with van der Waals surface area (Å²) in [6, 6.07) is 0. The van der Waals surface area contributed by atoms with Crippen LogP contribution in [0.4, 0.5) is 5.13 Å². The molecule has 0 aliphatic carbocycles. The standard InChI is InChI=1S/C6H7ClN2OS/c1-4(10)9-6-8-3-5(2-7)11-6/h3H,2H2,1H3,(H,8,9,10)/i2D. The van der Waals surface area contributed by atoms with E-state index in [1.807, 2.05) is 0 Å². The Hall–Kier alpha value is -0.610. The van der Waals surface area contributed by atoms with Gasteiger partial charge in [0, 0.05) is 19.4 Å². The number of hydrogen-bond acceptors (Lipinski definition) is 3. The minimum Gasteiger partial charge on any atom is -0.302 e. The maximum Gasteiger partial charge on any atom is 0.223 e. The summed E-state index contributed by atoms with van der Waals surface area (Å²) in [7, 11) is 0. The molecular weight excluding hydrogens is 184 g/mol. The van der Waals surface area contributed by atoms with E-state index in [1.54, 1.807) is 0 Å². The van der Waals surface area contributed by atoms with Crippen LogP contribution in [-0.2, 0) is 10.7 Å². The second kappa shape index (κ2) is 3.69. The van der Waals surface area contributed by atoms with Crippen molar-refractivity contribution >= 4 is 34.0 Å². The van der Waals surface area contributed by atoms with Gasteiger partial charge in [-0.15, -0.1) is 22.9 Å². The first-order valence-corrected chi connectivity index (χ1v) is 4.14. The largest absolute Gasteiger partial charge is 0.302 e. The molecule has 5 heteroatoms. The van der Waals surface area contributed by atoms with E-state index in [9.17, 15) is 4.79 Å². The second-order valence-corrected chi connectivity index (χ2v) is 3.14. The molecule has 1 N–H and O–H groups in total. The maximum atomic E-state index is 10.6. The highest BCUT2D eigenvalue weighted by Gasteiger charge is 2.00. The zero-order chi connectivity index (χ0) is 9.14. The number of aromatic nitrogens is 1. The van der Waals surface area contributed by atoms with Gasteiger partial charge in [-0.05, 0) is 0 Å². The lowest BCUT2D eigenvalue weighted by Gasteiger charge is -1.91. The van der Waals surface area contributed by atoms with E-state index in [2.05, 4.69) is 10.3 Å². The smallest absolute Gasteiger partial charge is 0.223 e. The van der Waals surface area contributed by atoms with Gasteiger partial charge in [-0.1, -0.05) is 0 Å². The van der Waals surface area contributed by atoms with Crippen molar-refractivity contribution in [3.8, 4) is 0 Å². The summed E-state index contributed by atoms with van der Waals surface area (Å²) in [4.78, 5) is 15.1. The van der Waals surface area contributed by atoms with Gasteiger partial charge in [0.1, 0.15) is 0 Å². The van der Waals surface area contributed by atoms with Crippen LogP contribution in [0.1, 0.15) is 13.2 Å². The molecule has 1 rings (SSSR count). The summed E-state index contributed by atoms with van der Waals surface area (Å²) in [5, 5.41) is 2.99. The number of nitrogens with zero attached hydrogens (tertiary/aromatic N) is 1. The third-order valence-corrected chi connectivity index (χ3v) is 2.14. The molecule has 3 nitrogen and oxygen atoms in total.